The van der Waals surface area contributed by atoms with Gasteiger partial charge in [-0.1, -0.05) is 6.07 Å². The highest BCUT2D eigenvalue weighted by Gasteiger charge is 2.05. The molecule has 2 rings (SSSR count). The lowest BCUT2D eigenvalue weighted by Gasteiger charge is -2.14. The Balaban J connectivity index is 2.21. The van der Waals surface area contributed by atoms with Gasteiger partial charge in [-0.15, -0.1) is 0 Å². The van der Waals surface area contributed by atoms with E-state index in [9.17, 15) is 5.11 Å². The Labute approximate surface area is 113 Å². The van der Waals surface area contributed by atoms with E-state index in [1.807, 2.05) is 43.3 Å². The van der Waals surface area contributed by atoms with Gasteiger partial charge in [0.1, 0.15) is 5.75 Å². The molecule has 0 amide bonds. The molecule has 0 saturated heterocycles. The van der Waals surface area contributed by atoms with E-state index in [4.69, 9.17) is 4.74 Å². The van der Waals surface area contributed by atoms with Crippen LogP contribution < -0.4 is 9.64 Å². The first-order valence-corrected chi connectivity index (χ1v) is 6.15. The number of aliphatic hydroxyl groups is 1. The first kappa shape index (κ1) is 13.4. The maximum Gasteiger partial charge on any atom is 0.219 e. The molecule has 100 valence electrons. The first-order valence-electron chi connectivity index (χ1n) is 6.15. The van der Waals surface area contributed by atoms with Crippen molar-refractivity contribution in [3.63, 3.8) is 0 Å². The van der Waals surface area contributed by atoms with E-state index < -0.39 is 6.10 Å². The zero-order valence-corrected chi connectivity index (χ0v) is 11.4. The van der Waals surface area contributed by atoms with Crippen molar-refractivity contribution in [1.29, 1.82) is 0 Å². The largest absolute Gasteiger partial charge is 0.439 e. The standard InChI is InChI=1S/C15H18N2O2/c1-11(18)12-7-8-16-15(9-12)19-14-6-4-5-13(10-14)17(2)3/h4-11,18H,1-3H3/t11-/m1/s1. The summed E-state index contributed by atoms with van der Waals surface area (Å²) in [4.78, 5) is 6.15. The first-order chi connectivity index (χ1) is 9.06. The Morgan fingerprint density at radius 2 is 2.00 bits per heavy atom. The fourth-order valence-electron chi connectivity index (χ4n) is 1.69. The van der Waals surface area contributed by atoms with Gasteiger partial charge in [-0.3, -0.25) is 0 Å². The van der Waals surface area contributed by atoms with Gasteiger partial charge in [0.2, 0.25) is 5.88 Å². The molecule has 0 aliphatic rings. The monoisotopic (exact) mass is 258 g/mol. The molecular formula is C15H18N2O2. The molecule has 0 unspecified atom stereocenters. The van der Waals surface area contributed by atoms with Crippen molar-refractivity contribution in [2.24, 2.45) is 0 Å². The van der Waals surface area contributed by atoms with Crippen LogP contribution >= 0.6 is 0 Å². The molecule has 0 radical (unpaired) electrons. The summed E-state index contributed by atoms with van der Waals surface area (Å²) in [6, 6.07) is 11.3. The highest BCUT2D eigenvalue weighted by atomic mass is 16.5. The van der Waals surface area contributed by atoms with Crippen molar-refractivity contribution in [1.82, 2.24) is 4.98 Å². The molecule has 0 fully saturated rings. The highest BCUT2D eigenvalue weighted by Crippen LogP contribution is 2.25. The molecule has 4 heteroatoms. The molecule has 0 aliphatic heterocycles. The van der Waals surface area contributed by atoms with Crippen LogP contribution in [0.25, 0.3) is 0 Å². The van der Waals surface area contributed by atoms with Gasteiger partial charge < -0.3 is 14.7 Å². The van der Waals surface area contributed by atoms with Crippen molar-refractivity contribution >= 4 is 5.69 Å². The van der Waals surface area contributed by atoms with Gasteiger partial charge >= 0.3 is 0 Å². The number of ether oxygens (including phenoxy) is 1. The van der Waals surface area contributed by atoms with Gasteiger partial charge in [0, 0.05) is 38.1 Å². The molecule has 0 aliphatic carbocycles. The Morgan fingerprint density at radius 3 is 2.68 bits per heavy atom. The highest BCUT2D eigenvalue weighted by molar-refractivity contribution is 5.50. The van der Waals surface area contributed by atoms with Gasteiger partial charge in [0.15, 0.2) is 0 Å². The van der Waals surface area contributed by atoms with Gasteiger partial charge in [-0.25, -0.2) is 4.98 Å². The summed E-state index contributed by atoms with van der Waals surface area (Å²) in [5.74, 6) is 1.20. The van der Waals surface area contributed by atoms with Crippen molar-refractivity contribution in [3.05, 3.63) is 48.2 Å². The number of aromatic nitrogens is 1. The predicted molar refractivity (Wildman–Crippen MR) is 75.7 cm³/mol. The van der Waals surface area contributed by atoms with Gasteiger partial charge in [-0.2, -0.15) is 0 Å². The smallest absolute Gasteiger partial charge is 0.219 e. The number of rotatable bonds is 4. The minimum atomic E-state index is -0.529. The van der Waals surface area contributed by atoms with E-state index in [1.54, 1.807) is 25.3 Å². The third-order valence-corrected chi connectivity index (χ3v) is 2.80. The number of aliphatic hydroxyl groups excluding tert-OH is 1. The van der Waals surface area contributed by atoms with Crippen LogP contribution in [0.15, 0.2) is 42.6 Å². The van der Waals surface area contributed by atoms with Gasteiger partial charge in [0.05, 0.1) is 6.10 Å². The van der Waals surface area contributed by atoms with Crippen LogP contribution in [0.5, 0.6) is 11.6 Å². The second kappa shape index (κ2) is 5.71. The van der Waals surface area contributed by atoms with Crippen LogP contribution in [0.2, 0.25) is 0 Å². The number of hydrogen-bond acceptors (Lipinski definition) is 4. The number of benzene rings is 1. The number of nitrogens with zero attached hydrogens (tertiary/aromatic N) is 2. The molecule has 0 spiro atoms. The summed E-state index contributed by atoms with van der Waals surface area (Å²) in [5, 5.41) is 9.54. The Morgan fingerprint density at radius 1 is 1.21 bits per heavy atom. The molecule has 1 heterocycles. The molecule has 1 aromatic heterocycles. The summed E-state index contributed by atoms with van der Waals surface area (Å²) < 4.78 is 5.71. The lowest BCUT2D eigenvalue weighted by molar-refractivity contribution is 0.198. The fourth-order valence-corrected chi connectivity index (χ4v) is 1.69. The maximum atomic E-state index is 9.54. The molecule has 1 N–H and O–H groups in total. The van der Waals surface area contributed by atoms with E-state index >= 15 is 0 Å². The third kappa shape index (κ3) is 3.45. The van der Waals surface area contributed by atoms with Crippen molar-refractivity contribution in [3.8, 4) is 11.6 Å². The molecule has 4 nitrogen and oxygen atoms in total. The quantitative estimate of drug-likeness (QED) is 0.915. The van der Waals surface area contributed by atoms with Crippen molar-refractivity contribution in [2.75, 3.05) is 19.0 Å². The van der Waals surface area contributed by atoms with Crippen LogP contribution in [0, 0.1) is 0 Å². The van der Waals surface area contributed by atoms with E-state index in [0.717, 1.165) is 17.0 Å². The van der Waals surface area contributed by atoms with Crippen molar-refractivity contribution in [2.45, 2.75) is 13.0 Å². The minimum absolute atomic E-state index is 0.481. The second-order valence-electron chi connectivity index (χ2n) is 4.60. The maximum absolute atomic E-state index is 9.54. The summed E-state index contributed by atoms with van der Waals surface area (Å²) in [7, 11) is 3.96. The summed E-state index contributed by atoms with van der Waals surface area (Å²) >= 11 is 0. The predicted octanol–water partition coefficient (Wildman–Crippen LogP) is 2.99. The summed E-state index contributed by atoms with van der Waals surface area (Å²) in [6.45, 7) is 1.71. The average Bonchev–Trinajstić information content (AvgIpc) is 2.39. The molecule has 0 saturated carbocycles. The molecule has 19 heavy (non-hydrogen) atoms. The Bertz CT molecular complexity index is 504. The van der Waals surface area contributed by atoms with E-state index in [2.05, 4.69) is 4.98 Å². The normalized spacial score (nSPS) is 12.0. The van der Waals surface area contributed by atoms with E-state index in [1.165, 1.54) is 0 Å². The average molecular weight is 258 g/mol. The molecule has 1 aromatic carbocycles. The number of pyridine rings is 1. The summed E-state index contributed by atoms with van der Waals surface area (Å²) in [6.07, 6.45) is 1.10. The van der Waals surface area contributed by atoms with Crippen LogP contribution in [0.4, 0.5) is 5.69 Å². The SMILES string of the molecule is C[C@@H](O)c1ccnc(Oc2cccc(N(C)C)c2)c1. The molecule has 1 atom stereocenters. The third-order valence-electron chi connectivity index (χ3n) is 2.80. The van der Waals surface area contributed by atoms with Crippen LogP contribution in [-0.4, -0.2) is 24.2 Å². The second-order valence-corrected chi connectivity index (χ2v) is 4.60. The zero-order valence-electron chi connectivity index (χ0n) is 11.4. The number of hydrogen-bond donors (Lipinski definition) is 1. The molecule has 0 bridgehead atoms. The minimum Gasteiger partial charge on any atom is -0.439 e. The van der Waals surface area contributed by atoms with Gasteiger partial charge in [-0.05, 0) is 30.7 Å². The van der Waals surface area contributed by atoms with Crippen LogP contribution in [0.3, 0.4) is 0 Å². The Kier molecular flexibility index (Phi) is 4.02. The summed E-state index contributed by atoms with van der Waals surface area (Å²) in [5.41, 5.74) is 1.85. The van der Waals surface area contributed by atoms with Crippen LogP contribution in [-0.2, 0) is 0 Å². The Hall–Kier alpha value is -2.07. The lowest BCUT2D eigenvalue weighted by atomic mass is 10.2. The van der Waals surface area contributed by atoms with Crippen LogP contribution in [0.1, 0.15) is 18.6 Å². The van der Waals surface area contributed by atoms with Crippen molar-refractivity contribution < 1.29 is 9.84 Å². The van der Waals surface area contributed by atoms with Gasteiger partial charge in [0.25, 0.3) is 0 Å². The molecular weight excluding hydrogens is 240 g/mol. The topological polar surface area (TPSA) is 45.6 Å². The van der Waals surface area contributed by atoms with E-state index in [-0.39, 0.29) is 0 Å². The zero-order chi connectivity index (χ0) is 13.8. The lowest BCUT2D eigenvalue weighted by Crippen LogP contribution is -2.08. The fraction of sp³-hybridized carbons (Fsp3) is 0.267. The molecule has 2 aromatic rings. The van der Waals surface area contributed by atoms with E-state index in [0.29, 0.717) is 5.88 Å². The number of anilines is 1.